The molecule has 2 aromatic rings. The third kappa shape index (κ3) is 3.01. The van der Waals surface area contributed by atoms with Gasteiger partial charge in [0.05, 0.1) is 0 Å². The Labute approximate surface area is 120 Å². The number of carbonyl (C=O) groups is 1. The van der Waals surface area contributed by atoms with Gasteiger partial charge in [-0.15, -0.1) is 0 Å². The molecule has 21 heavy (non-hydrogen) atoms. The molecule has 0 aliphatic heterocycles. The maximum Gasteiger partial charge on any atom is 0.215 e. The van der Waals surface area contributed by atoms with E-state index in [2.05, 4.69) is 20.3 Å². The zero-order valence-corrected chi connectivity index (χ0v) is 11.3. The fourth-order valence-corrected chi connectivity index (χ4v) is 2.73. The van der Waals surface area contributed by atoms with E-state index < -0.39 is 0 Å². The van der Waals surface area contributed by atoms with E-state index >= 15 is 0 Å². The van der Waals surface area contributed by atoms with Crippen LogP contribution in [0.25, 0.3) is 0 Å². The number of anilines is 2. The first-order chi connectivity index (χ1) is 10.1. The van der Waals surface area contributed by atoms with Gasteiger partial charge in [0.15, 0.2) is 0 Å². The van der Waals surface area contributed by atoms with E-state index in [0.717, 1.165) is 12.0 Å². The maximum atomic E-state index is 13.0. The Morgan fingerprint density at radius 3 is 2.67 bits per heavy atom. The number of aromatic nitrogens is 2. The van der Waals surface area contributed by atoms with E-state index in [9.17, 15) is 9.18 Å². The molecule has 2 atom stereocenters. The number of nitrogen functional groups attached to an aromatic ring is 1. The van der Waals surface area contributed by atoms with Gasteiger partial charge in [-0.25, -0.2) is 9.02 Å². The average molecular weight is 290 g/mol. The highest BCUT2D eigenvalue weighted by Gasteiger charge is 2.29. The van der Waals surface area contributed by atoms with Crippen LogP contribution in [0.4, 0.5) is 16.0 Å². The van der Waals surface area contributed by atoms with E-state index in [4.69, 9.17) is 5.73 Å². The molecule has 0 amide bonds. The van der Waals surface area contributed by atoms with Crippen LogP contribution in [0, 0.1) is 5.82 Å². The van der Waals surface area contributed by atoms with Crippen molar-refractivity contribution in [3.05, 3.63) is 35.6 Å². The molecule has 0 bridgehead atoms. The lowest BCUT2D eigenvalue weighted by molar-refractivity contribution is -0.120. The molecule has 0 spiro atoms. The second-order valence-electron chi connectivity index (χ2n) is 5.27. The molecule has 1 saturated carbocycles. The Hall–Kier alpha value is -2.44. The van der Waals surface area contributed by atoms with Crippen LogP contribution in [0.5, 0.6) is 0 Å². The van der Waals surface area contributed by atoms with Crippen molar-refractivity contribution in [3.63, 3.8) is 0 Å². The number of benzene rings is 1. The van der Waals surface area contributed by atoms with Gasteiger partial charge in [0, 0.05) is 18.9 Å². The lowest BCUT2D eigenvalue weighted by Crippen LogP contribution is -2.31. The van der Waals surface area contributed by atoms with Crippen molar-refractivity contribution in [2.75, 3.05) is 11.1 Å². The lowest BCUT2D eigenvalue weighted by Gasteiger charge is -2.29. The second-order valence-corrected chi connectivity index (χ2v) is 5.27. The topological polar surface area (TPSA) is 94.0 Å². The quantitative estimate of drug-likeness (QED) is 0.899. The number of hydrogen-bond acceptors (Lipinski definition) is 6. The number of hydrogen-bond donors (Lipinski definition) is 2. The molecular weight excluding hydrogens is 275 g/mol. The Bertz CT molecular complexity index is 641. The molecule has 7 heteroatoms. The molecular formula is C14H15FN4O2. The SMILES string of the molecule is Nc1nonc1N[C@H]1CC(=O)C[C@@H](c2ccc(F)cc2)C1. The van der Waals surface area contributed by atoms with E-state index in [1.807, 2.05) is 0 Å². The van der Waals surface area contributed by atoms with Gasteiger partial charge in [0.2, 0.25) is 11.6 Å². The number of nitrogens with two attached hydrogens (primary N) is 1. The third-order valence-corrected chi connectivity index (χ3v) is 3.71. The molecule has 1 fully saturated rings. The van der Waals surface area contributed by atoms with Crippen LogP contribution in [0.15, 0.2) is 28.9 Å². The summed E-state index contributed by atoms with van der Waals surface area (Å²) in [4.78, 5) is 11.9. The minimum Gasteiger partial charge on any atom is -0.378 e. The molecule has 0 saturated heterocycles. The Balaban J connectivity index is 1.74. The van der Waals surface area contributed by atoms with E-state index in [1.54, 1.807) is 12.1 Å². The highest BCUT2D eigenvalue weighted by molar-refractivity contribution is 5.81. The number of halogens is 1. The third-order valence-electron chi connectivity index (χ3n) is 3.71. The Morgan fingerprint density at radius 1 is 1.24 bits per heavy atom. The van der Waals surface area contributed by atoms with Crippen molar-refractivity contribution < 1.29 is 13.8 Å². The summed E-state index contributed by atoms with van der Waals surface area (Å²) in [6, 6.07) is 6.19. The lowest BCUT2D eigenvalue weighted by atomic mass is 9.80. The van der Waals surface area contributed by atoms with Crippen molar-refractivity contribution in [1.82, 2.24) is 10.3 Å². The number of ketones is 1. The van der Waals surface area contributed by atoms with Gasteiger partial charge >= 0.3 is 0 Å². The highest BCUT2D eigenvalue weighted by Crippen LogP contribution is 2.33. The summed E-state index contributed by atoms with van der Waals surface area (Å²) in [6.45, 7) is 0. The standard InChI is InChI=1S/C14H15FN4O2/c15-10-3-1-8(2-4-10)9-5-11(7-12(20)6-9)17-14-13(16)18-21-19-14/h1-4,9,11H,5-7H2,(H2,16,18)(H,17,19)/t9-,11+/m0/s1. The Kier molecular flexibility index (Phi) is 3.55. The molecule has 1 aliphatic carbocycles. The van der Waals surface area contributed by atoms with Crippen LogP contribution >= 0.6 is 0 Å². The molecule has 1 heterocycles. The van der Waals surface area contributed by atoms with Crippen molar-refractivity contribution >= 4 is 17.4 Å². The number of rotatable bonds is 3. The molecule has 1 aliphatic rings. The van der Waals surface area contributed by atoms with Crippen LogP contribution in [-0.2, 0) is 4.79 Å². The molecule has 3 N–H and O–H groups in total. The molecule has 110 valence electrons. The zero-order valence-electron chi connectivity index (χ0n) is 11.3. The average Bonchev–Trinajstić information content (AvgIpc) is 2.84. The first kappa shape index (κ1) is 13.5. The van der Waals surface area contributed by atoms with E-state index in [1.165, 1.54) is 12.1 Å². The largest absolute Gasteiger partial charge is 0.378 e. The summed E-state index contributed by atoms with van der Waals surface area (Å²) in [6.07, 6.45) is 1.62. The van der Waals surface area contributed by atoms with Crippen LogP contribution in [0.1, 0.15) is 30.7 Å². The van der Waals surface area contributed by atoms with E-state index in [-0.39, 0.29) is 29.4 Å². The monoisotopic (exact) mass is 290 g/mol. The van der Waals surface area contributed by atoms with Gasteiger partial charge in [-0.3, -0.25) is 4.79 Å². The predicted molar refractivity (Wildman–Crippen MR) is 74.1 cm³/mol. The van der Waals surface area contributed by atoms with Crippen molar-refractivity contribution in [3.8, 4) is 0 Å². The first-order valence-corrected chi connectivity index (χ1v) is 6.73. The molecule has 3 rings (SSSR count). The van der Waals surface area contributed by atoms with Gasteiger partial charge < -0.3 is 11.1 Å². The Morgan fingerprint density at radius 2 is 2.00 bits per heavy atom. The summed E-state index contributed by atoms with van der Waals surface area (Å²) < 4.78 is 17.5. The first-order valence-electron chi connectivity index (χ1n) is 6.73. The van der Waals surface area contributed by atoms with Crippen LogP contribution in [-0.4, -0.2) is 22.1 Å². The van der Waals surface area contributed by atoms with Gasteiger partial charge in [-0.2, -0.15) is 0 Å². The fourth-order valence-electron chi connectivity index (χ4n) is 2.73. The van der Waals surface area contributed by atoms with Crippen LogP contribution in [0.3, 0.4) is 0 Å². The normalized spacial score (nSPS) is 22.2. The number of Topliss-reactive ketones (excluding diaryl/α,β-unsaturated/α-hetero) is 1. The van der Waals surface area contributed by atoms with Gasteiger partial charge in [0.25, 0.3) is 0 Å². The van der Waals surface area contributed by atoms with Crippen LogP contribution < -0.4 is 11.1 Å². The molecule has 0 unspecified atom stereocenters. The van der Waals surface area contributed by atoms with Gasteiger partial charge in [-0.05, 0) is 40.3 Å². The van der Waals surface area contributed by atoms with Crippen molar-refractivity contribution in [2.24, 2.45) is 0 Å². The highest BCUT2D eigenvalue weighted by atomic mass is 19.1. The van der Waals surface area contributed by atoms with Crippen molar-refractivity contribution in [2.45, 2.75) is 31.2 Å². The minimum absolute atomic E-state index is 0.0606. The number of nitrogens with zero attached hydrogens (tertiary/aromatic N) is 2. The summed E-state index contributed by atoms with van der Waals surface area (Å²) >= 11 is 0. The van der Waals surface area contributed by atoms with E-state index in [0.29, 0.717) is 18.7 Å². The number of nitrogens with one attached hydrogen (secondary N) is 1. The zero-order chi connectivity index (χ0) is 14.8. The summed E-state index contributed by atoms with van der Waals surface area (Å²) in [5.41, 5.74) is 6.56. The summed E-state index contributed by atoms with van der Waals surface area (Å²) in [5, 5.41) is 10.2. The molecule has 1 aromatic carbocycles. The smallest absolute Gasteiger partial charge is 0.215 e. The number of carbonyl (C=O) groups excluding carboxylic acids is 1. The maximum absolute atomic E-state index is 13.0. The van der Waals surface area contributed by atoms with Crippen LogP contribution in [0.2, 0.25) is 0 Å². The van der Waals surface area contributed by atoms with Gasteiger partial charge in [-0.1, -0.05) is 12.1 Å². The summed E-state index contributed by atoms with van der Waals surface area (Å²) in [7, 11) is 0. The van der Waals surface area contributed by atoms with Crippen molar-refractivity contribution in [1.29, 1.82) is 0 Å². The minimum atomic E-state index is -0.281. The summed E-state index contributed by atoms with van der Waals surface area (Å²) in [5.74, 6) is 0.462. The predicted octanol–water partition coefficient (Wildman–Crippen LogP) is 2.11. The second kappa shape index (κ2) is 5.51. The molecule has 6 nitrogen and oxygen atoms in total. The fraction of sp³-hybridized carbons (Fsp3) is 0.357. The molecule has 1 aromatic heterocycles. The molecule has 0 radical (unpaired) electrons. The van der Waals surface area contributed by atoms with Gasteiger partial charge in [0.1, 0.15) is 11.6 Å².